The van der Waals surface area contributed by atoms with Crippen molar-refractivity contribution in [3.63, 3.8) is 0 Å². The molecule has 1 aromatic rings. The molecule has 0 saturated carbocycles. The lowest BCUT2D eigenvalue weighted by molar-refractivity contribution is -0.167. The number of benzene rings is 1. The van der Waals surface area contributed by atoms with Gasteiger partial charge in [0.1, 0.15) is 11.6 Å². The monoisotopic (exact) mass is 323 g/mol. The van der Waals surface area contributed by atoms with Gasteiger partial charge in [-0.05, 0) is 33.3 Å². The molecule has 0 unspecified atom stereocenters. The lowest BCUT2D eigenvalue weighted by Crippen LogP contribution is -2.43. The Balaban J connectivity index is 2.54. The number of alkyl carbamates (subject to hydrolysis) is 1. The second-order valence-corrected chi connectivity index (χ2v) is 5.92. The molecule has 1 amide bonds. The maximum atomic E-state index is 11.8. The molecule has 0 spiro atoms. The number of ether oxygens (including phenoxy) is 2. The Labute approximate surface area is 134 Å². The third-order valence-electron chi connectivity index (χ3n) is 2.63. The molecular weight excluding hydrogens is 302 g/mol. The first-order valence-electron chi connectivity index (χ1n) is 7.08. The predicted octanol–water partition coefficient (Wildman–Crippen LogP) is 1.70. The van der Waals surface area contributed by atoms with E-state index in [2.05, 4.69) is 10.1 Å². The number of hydrogen-bond donors (Lipinski definition) is 2. The standard InChI is InChI=1S/C16H21NO6/c1-10(17-15(21)23-16(2,3)4)13(19)22-14(20)12(18)11-8-6-5-7-9-11/h5-10,12,18H,1-4H3,(H,17,21)/t10-,12+/m0/s1. The van der Waals surface area contributed by atoms with Gasteiger partial charge in [-0.2, -0.15) is 0 Å². The number of aliphatic hydroxyl groups excluding tert-OH is 1. The van der Waals surface area contributed by atoms with Crippen LogP contribution in [0, 0.1) is 0 Å². The summed E-state index contributed by atoms with van der Waals surface area (Å²) in [4.78, 5) is 35.0. The van der Waals surface area contributed by atoms with Crippen LogP contribution in [0.3, 0.4) is 0 Å². The van der Waals surface area contributed by atoms with Crippen LogP contribution in [0.5, 0.6) is 0 Å². The van der Waals surface area contributed by atoms with E-state index in [4.69, 9.17) is 4.74 Å². The van der Waals surface area contributed by atoms with Crippen molar-refractivity contribution in [2.45, 2.75) is 45.4 Å². The van der Waals surface area contributed by atoms with Crippen LogP contribution in [0.4, 0.5) is 4.79 Å². The van der Waals surface area contributed by atoms with Crippen molar-refractivity contribution in [3.05, 3.63) is 35.9 Å². The SMILES string of the molecule is C[C@H](NC(=O)OC(C)(C)C)C(=O)OC(=O)[C@H](O)c1ccccc1. The van der Waals surface area contributed by atoms with E-state index in [0.717, 1.165) is 0 Å². The van der Waals surface area contributed by atoms with Crippen LogP contribution in [0.2, 0.25) is 0 Å². The molecule has 0 aromatic heterocycles. The van der Waals surface area contributed by atoms with E-state index in [0.29, 0.717) is 5.56 Å². The Morgan fingerprint density at radius 1 is 1.09 bits per heavy atom. The van der Waals surface area contributed by atoms with Crippen LogP contribution in [0.1, 0.15) is 39.4 Å². The summed E-state index contributed by atoms with van der Waals surface area (Å²) in [5.41, 5.74) is -0.411. The molecule has 23 heavy (non-hydrogen) atoms. The van der Waals surface area contributed by atoms with Gasteiger partial charge in [0.05, 0.1) is 0 Å². The second-order valence-electron chi connectivity index (χ2n) is 5.92. The molecule has 0 aliphatic heterocycles. The molecule has 2 N–H and O–H groups in total. The van der Waals surface area contributed by atoms with Gasteiger partial charge >= 0.3 is 18.0 Å². The highest BCUT2D eigenvalue weighted by atomic mass is 16.6. The first-order valence-corrected chi connectivity index (χ1v) is 7.08. The third kappa shape index (κ3) is 6.48. The first-order chi connectivity index (χ1) is 10.6. The van der Waals surface area contributed by atoms with Crippen LogP contribution in [0.25, 0.3) is 0 Å². The first kappa shape index (κ1) is 18.6. The normalized spacial score (nSPS) is 13.6. The number of nitrogens with one attached hydrogen (secondary N) is 1. The molecule has 126 valence electrons. The molecule has 0 radical (unpaired) electrons. The Morgan fingerprint density at radius 2 is 1.65 bits per heavy atom. The maximum Gasteiger partial charge on any atom is 0.408 e. The van der Waals surface area contributed by atoms with Gasteiger partial charge in [0.15, 0.2) is 6.10 Å². The molecule has 2 atom stereocenters. The molecule has 0 aliphatic carbocycles. The molecule has 0 aliphatic rings. The molecule has 1 aromatic carbocycles. The average molecular weight is 323 g/mol. The summed E-state index contributed by atoms with van der Waals surface area (Å²) in [6.07, 6.45) is -2.38. The highest BCUT2D eigenvalue weighted by Crippen LogP contribution is 2.14. The van der Waals surface area contributed by atoms with Crippen molar-refractivity contribution in [3.8, 4) is 0 Å². The van der Waals surface area contributed by atoms with Gasteiger partial charge in [0.2, 0.25) is 0 Å². The van der Waals surface area contributed by atoms with E-state index in [1.165, 1.54) is 19.1 Å². The van der Waals surface area contributed by atoms with Gasteiger partial charge in [0.25, 0.3) is 0 Å². The van der Waals surface area contributed by atoms with E-state index in [1.807, 2.05) is 0 Å². The summed E-state index contributed by atoms with van der Waals surface area (Å²) in [5, 5.41) is 12.1. The van der Waals surface area contributed by atoms with Gasteiger partial charge < -0.3 is 19.9 Å². The van der Waals surface area contributed by atoms with Crippen molar-refractivity contribution in [1.82, 2.24) is 5.32 Å². The topological polar surface area (TPSA) is 102 Å². The van der Waals surface area contributed by atoms with Crippen molar-refractivity contribution in [2.75, 3.05) is 0 Å². The Bertz CT molecular complexity index is 564. The molecule has 0 saturated heterocycles. The van der Waals surface area contributed by atoms with Gasteiger partial charge in [-0.3, -0.25) is 0 Å². The summed E-state index contributed by atoms with van der Waals surface area (Å²) in [6, 6.07) is 6.95. The van der Waals surface area contributed by atoms with E-state index in [9.17, 15) is 19.5 Å². The minimum atomic E-state index is -1.58. The van der Waals surface area contributed by atoms with Crippen molar-refractivity contribution >= 4 is 18.0 Å². The van der Waals surface area contributed by atoms with E-state index < -0.39 is 35.8 Å². The minimum Gasteiger partial charge on any atom is -0.444 e. The number of amides is 1. The van der Waals surface area contributed by atoms with Crippen LogP contribution >= 0.6 is 0 Å². The van der Waals surface area contributed by atoms with E-state index in [1.54, 1.807) is 39.0 Å². The molecule has 0 heterocycles. The molecule has 0 bridgehead atoms. The summed E-state index contributed by atoms with van der Waals surface area (Å²) >= 11 is 0. The zero-order valence-corrected chi connectivity index (χ0v) is 13.5. The largest absolute Gasteiger partial charge is 0.444 e. The Morgan fingerprint density at radius 3 is 2.17 bits per heavy atom. The molecule has 7 heteroatoms. The second kappa shape index (κ2) is 7.73. The number of carbonyl (C=O) groups excluding carboxylic acids is 3. The molecule has 1 rings (SSSR count). The summed E-state index contributed by atoms with van der Waals surface area (Å²) in [7, 11) is 0. The minimum absolute atomic E-state index is 0.304. The number of rotatable bonds is 4. The zero-order valence-electron chi connectivity index (χ0n) is 13.5. The van der Waals surface area contributed by atoms with Gasteiger partial charge in [-0.1, -0.05) is 30.3 Å². The van der Waals surface area contributed by atoms with Gasteiger partial charge in [0, 0.05) is 0 Å². The number of aliphatic hydroxyl groups is 1. The summed E-state index contributed by atoms with van der Waals surface area (Å²) in [5.74, 6) is -2.10. The maximum absolute atomic E-state index is 11.8. The number of esters is 2. The molecule has 7 nitrogen and oxygen atoms in total. The highest BCUT2D eigenvalue weighted by Gasteiger charge is 2.27. The van der Waals surface area contributed by atoms with Crippen molar-refractivity contribution in [1.29, 1.82) is 0 Å². The summed E-state index contributed by atoms with van der Waals surface area (Å²) < 4.78 is 9.55. The molecular formula is C16H21NO6. The predicted molar refractivity (Wildman–Crippen MR) is 81.3 cm³/mol. The fourth-order valence-electron chi connectivity index (χ4n) is 1.56. The average Bonchev–Trinajstić information content (AvgIpc) is 2.45. The van der Waals surface area contributed by atoms with Gasteiger partial charge in [-0.25, -0.2) is 14.4 Å². The highest BCUT2D eigenvalue weighted by molar-refractivity contribution is 5.92. The fraction of sp³-hybridized carbons (Fsp3) is 0.438. The van der Waals surface area contributed by atoms with E-state index >= 15 is 0 Å². The lowest BCUT2D eigenvalue weighted by Gasteiger charge is -2.21. The number of carbonyl (C=O) groups is 3. The Hall–Kier alpha value is -2.41. The summed E-state index contributed by atoms with van der Waals surface area (Å²) in [6.45, 7) is 6.37. The van der Waals surface area contributed by atoms with Crippen LogP contribution in [-0.4, -0.2) is 34.8 Å². The fourth-order valence-corrected chi connectivity index (χ4v) is 1.56. The lowest BCUT2D eigenvalue weighted by atomic mass is 10.1. The smallest absolute Gasteiger partial charge is 0.408 e. The van der Waals surface area contributed by atoms with Gasteiger partial charge in [-0.15, -0.1) is 0 Å². The Kier molecular flexibility index (Phi) is 6.27. The number of hydrogen-bond acceptors (Lipinski definition) is 6. The quantitative estimate of drug-likeness (QED) is 0.646. The van der Waals surface area contributed by atoms with Crippen molar-refractivity contribution in [2.24, 2.45) is 0 Å². The third-order valence-corrected chi connectivity index (χ3v) is 2.63. The van der Waals surface area contributed by atoms with Crippen LogP contribution < -0.4 is 5.32 Å². The van der Waals surface area contributed by atoms with Crippen LogP contribution in [0.15, 0.2) is 30.3 Å². The van der Waals surface area contributed by atoms with E-state index in [-0.39, 0.29) is 0 Å². The zero-order chi connectivity index (χ0) is 17.6. The van der Waals surface area contributed by atoms with Crippen molar-refractivity contribution < 1.29 is 29.0 Å². The molecule has 0 fully saturated rings. The van der Waals surface area contributed by atoms with Crippen LogP contribution in [-0.2, 0) is 19.1 Å².